The molecular weight excluding hydrogens is 406 g/mol. The number of anilines is 2. The van der Waals surface area contributed by atoms with E-state index >= 15 is 0 Å². The Morgan fingerprint density at radius 2 is 2.13 bits per heavy atom. The maximum absolute atomic E-state index is 11.6. The average Bonchev–Trinajstić information content (AvgIpc) is 3.41. The average molecular weight is 427 g/mol. The number of fused-ring (bicyclic) bond motifs is 2. The number of carboxylic acids is 1. The molecule has 2 aliphatic heterocycles. The van der Waals surface area contributed by atoms with Gasteiger partial charge in [0.25, 0.3) is 5.52 Å². The number of benzene rings is 2. The highest BCUT2D eigenvalue weighted by molar-refractivity contribution is 6.31. The summed E-state index contributed by atoms with van der Waals surface area (Å²) in [6.07, 6.45) is 3.37. The number of oxazole rings is 1. The molecule has 1 fully saturated rings. The molecule has 0 radical (unpaired) electrons. The molecule has 30 heavy (non-hydrogen) atoms. The number of aromatic nitrogens is 1. The largest absolute Gasteiger partial charge is 0.480 e. The summed E-state index contributed by atoms with van der Waals surface area (Å²) >= 11 is 6.11. The maximum Gasteiger partial charge on any atom is 0.379 e. The molecule has 154 valence electrons. The van der Waals surface area contributed by atoms with Crippen LogP contribution in [0.25, 0.3) is 17.2 Å². The van der Waals surface area contributed by atoms with Crippen molar-refractivity contribution in [3.8, 4) is 5.75 Å². The number of halogens is 1. The van der Waals surface area contributed by atoms with Crippen molar-refractivity contribution in [2.24, 2.45) is 7.05 Å². The van der Waals surface area contributed by atoms with Gasteiger partial charge < -0.3 is 24.1 Å². The van der Waals surface area contributed by atoms with Crippen LogP contribution in [0.1, 0.15) is 18.7 Å². The molecule has 0 amide bonds. The van der Waals surface area contributed by atoms with E-state index < -0.39 is 12.0 Å². The van der Waals surface area contributed by atoms with Gasteiger partial charge in [0.15, 0.2) is 5.75 Å². The molecule has 0 bridgehead atoms. The fourth-order valence-electron chi connectivity index (χ4n) is 4.16. The number of carboxylic acid groups (broad SMARTS) is 1. The topological polar surface area (TPSA) is 70.0 Å². The van der Waals surface area contributed by atoms with Crippen LogP contribution in [0.5, 0.6) is 5.75 Å². The summed E-state index contributed by atoms with van der Waals surface area (Å²) in [6.45, 7) is 0.737. The van der Waals surface area contributed by atoms with Crippen LogP contribution in [0, 0.1) is 0 Å². The SMILES string of the molecule is CN1C(=Cc2oc3ccc(N4CCCC4C(=O)O)cc3[n+]2C)Oc2ccc(Cl)cc21. The molecule has 1 aromatic heterocycles. The van der Waals surface area contributed by atoms with E-state index in [1.54, 1.807) is 6.07 Å². The Kier molecular flexibility index (Phi) is 4.36. The molecule has 1 N–H and O–H groups in total. The Labute approximate surface area is 178 Å². The van der Waals surface area contributed by atoms with Crippen molar-refractivity contribution in [3.63, 3.8) is 0 Å². The predicted molar refractivity (Wildman–Crippen MR) is 114 cm³/mol. The number of nitrogens with zero attached hydrogens (tertiary/aromatic N) is 3. The lowest BCUT2D eigenvalue weighted by Crippen LogP contribution is -2.36. The summed E-state index contributed by atoms with van der Waals surface area (Å²) in [5, 5.41) is 10.1. The van der Waals surface area contributed by atoms with E-state index in [4.69, 9.17) is 20.8 Å². The highest BCUT2D eigenvalue weighted by Crippen LogP contribution is 2.40. The summed E-state index contributed by atoms with van der Waals surface area (Å²) < 4.78 is 13.9. The molecule has 0 spiro atoms. The molecule has 2 aliphatic rings. The summed E-state index contributed by atoms with van der Waals surface area (Å²) in [5.74, 6) is 1.21. The minimum absolute atomic E-state index is 0.480. The monoisotopic (exact) mass is 426 g/mol. The number of ether oxygens (including phenoxy) is 1. The van der Waals surface area contributed by atoms with Crippen LogP contribution < -0.4 is 19.1 Å². The smallest absolute Gasteiger partial charge is 0.379 e. The van der Waals surface area contributed by atoms with Gasteiger partial charge in [-0.3, -0.25) is 0 Å². The fourth-order valence-corrected chi connectivity index (χ4v) is 4.33. The van der Waals surface area contributed by atoms with Gasteiger partial charge in [0, 0.05) is 30.4 Å². The van der Waals surface area contributed by atoms with Crippen molar-refractivity contribution in [2.75, 3.05) is 23.4 Å². The van der Waals surface area contributed by atoms with E-state index in [1.807, 2.05) is 64.9 Å². The van der Waals surface area contributed by atoms with E-state index in [9.17, 15) is 9.90 Å². The minimum Gasteiger partial charge on any atom is -0.480 e. The number of aliphatic carboxylic acids is 1. The molecule has 0 saturated carbocycles. The number of aryl methyl sites for hydroxylation is 1. The second kappa shape index (κ2) is 6.95. The zero-order valence-corrected chi connectivity index (χ0v) is 17.4. The first kappa shape index (κ1) is 18.8. The predicted octanol–water partition coefficient (Wildman–Crippen LogP) is 3.79. The summed E-state index contributed by atoms with van der Waals surface area (Å²) in [5.41, 5.74) is 3.39. The minimum atomic E-state index is -0.782. The Balaban J connectivity index is 1.50. The molecule has 2 aromatic carbocycles. The highest BCUT2D eigenvalue weighted by atomic mass is 35.5. The van der Waals surface area contributed by atoms with Gasteiger partial charge >= 0.3 is 11.9 Å². The summed E-state index contributed by atoms with van der Waals surface area (Å²) in [4.78, 5) is 15.4. The van der Waals surface area contributed by atoms with E-state index in [0.717, 1.165) is 41.2 Å². The normalized spacial score (nSPS) is 19.6. The lowest BCUT2D eigenvalue weighted by atomic mass is 10.2. The number of hydrogen-bond acceptors (Lipinski definition) is 5. The third-order valence-corrected chi connectivity index (χ3v) is 6.03. The van der Waals surface area contributed by atoms with E-state index in [1.165, 1.54) is 0 Å². The molecule has 3 aromatic rings. The van der Waals surface area contributed by atoms with Crippen LogP contribution in [0.15, 0.2) is 46.7 Å². The number of rotatable bonds is 3. The van der Waals surface area contributed by atoms with Crippen LogP contribution in [0.4, 0.5) is 11.4 Å². The van der Waals surface area contributed by atoms with Crippen molar-refractivity contribution in [1.82, 2.24) is 0 Å². The van der Waals surface area contributed by atoms with E-state index in [-0.39, 0.29) is 0 Å². The lowest BCUT2D eigenvalue weighted by Gasteiger charge is -2.23. The molecule has 1 unspecified atom stereocenters. The van der Waals surface area contributed by atoms with Crippen LogP contribution in [-0.2, 0) is 11.8 Å². The van der Waals surface area contributed by atoms with Gasteiger partial charge in [-0.15, -0.1) is 0 Å². The first-order valence-electron chi connectivity index (χ1n) is 9.77. The van der Waals surface area contributed by atoms with Crippen LogP contribution >= 0.6 is 11.6 Å². The second-order valence-electron chi connectivity index (χ2n) is 7.60. The molecule has 1 saturated heterocycles. The first-order chi connectivity index (χ1) is 14.4. The van der Waals surface area contributed by atoms with Crippen molar-refractivity contribution in [2.45, 2.75) is 18.9 Å². The molecule has 7 nitrogen and oxygen atoms in total. The quantitative estimate of drug-likeness (QED) is 0.642. The maximum atomic E-state index is 11.6. The Morgan fingerprint density at radius 3 is 2.93 bits per heavy atom. The lowest BCUT2D eigenvalue weighted by molar-refractivity contribution is -0.652. The molecule has 1 atom stereocenters. The van der Waals surface area contributed by atoms with Gasteiger partial charge in [0.2, 0.25) is 11.5 Å². The Bertz CT molecular complexity index is 1200. The standard InChI is InChI=1S/C22H20ClN3O4/c1-24-16-10-13(23)5-7-18(16)29-20(24)12-21-25(2)17-11-14(6-8-19(17)30-21)26-9-3-4-15(26)22(27)28/h5-8,10-12,15H,3-4,9H2,1-2H3/p+1. The molecule has 8 heteroatoms. The van der Waals surface area contributed by atoms with Gasteiger partial charge in [-0.1, -0.05) is 11.6 Å². The zero-order valence-electron chi connectivity index (χ0n) is 16.6. The molecule has 3 heterocycles. The Hall–Kier alpha value is -3.19. The van der Waals surface area contributed by atoms with Gasteiger partial charge in [0.05, 0.1) is 5.69 Å². The van der Waals surface area contributed by atoms with Gasteiger partial charge in [0.1, 0.15) is 19.2 Å². The fraction of sp³-hybridized carbons (Fsp3) is 0.273. The number of carbonyl (C=O) groups is 1. The highest BCUT2D eigenvalue weighted by Gasteiger charge is 2.32. The molecule has 0 aliphatic carbocycles. The van der Waals surface area contributed by atoms with Crippen molar-refractivity contribution in [3.05, 3.63) is 53.2 Å². The Morgan fingerprint density at radius 1 is 1.30 bits per heavy atom. The third kappa shape index (κ3) is 2.97. The van der Waals surface area contributed by atoms with E-state index in [0.29, 0.717) is 23.2 Å². The van der Waals surface area contributed by atoms with Gasteiger partial charge in [-0.2, -0.15) is 4.57 Å². The summed E-state index contributed by atoms with van der Waals surface area (Å²) in [6, 6.07) is 10.8. The van der Waals surface area contributed by atoms with Crippen LogP contribution in [-0.4, -0.2) is 30.7 Å². The van der Waals surface area contributed by atoms with Crippen LogP contribution in [0.2, 0.25) is 5.02 Å². The van der Waals surface area contributed by atoms with E-state index in [2.05, 4.69) is 0 Å². The van der Waals surface area contributed by atoms with Crippen LogP contribution in [0.3, 0.4) is 0 Å². The molecule has 5 rings (SSSR count). The number of hydrogen-bond donors (Lipinski definition) is 1. The van der Waals surface area contributed by atoms with Gasteiger partial charge in [-0.25, -0.2) is 4.79 Å². The van der Waals surface area contributed by atoms with Gasteiger partial charge in [-0.05, 0) is 43.2 Å². The first-order valence-corrected chi connectivity index (χ1v) is 10.1. The van der Waals surface area contributed by atoms with Crippen molar-refractivity contribution < 1.29 is 23.6 Å². The van der Waals surface area contributed by atoms with Crippen molar-refractivity contribution in [1.29, 1.82) is 0 Å². The third-order valence-electron chi connectivity index (χ3n) is 5.79. The molecular formula is C22H21ClN3O4+. The van der Waals surface area contributed by atoms with Crippen molar-refractivity contribution >= 4 is 46.1 Å². The second-order valence-corrected chi connectivity index (χ2v) is 8.03. The summed E-state index contributed by atoms with van der Waals surface area (Å²) in [7, 11) is 3.83. The zero-order chi connectivity index (χ0) is 21.0.